The van der Waals surface area contributed by atoms with E-state index in [9.17, 15) is 0 Å². The lowest BCUT2D eigenvalue weighted by molar-refractivity contribution is 0.0186. The van der Waals surface area contributed by atoms with Crippen molar-refractivity contribution in [1.29, 1.82) is 0 Å². The van der Waals surface area contributed by atoms with E-state index in [1.54, 1.807) is 7.11 Å². The van der Waals surface area contributed by atoms with Gasteiger partial charge in [-0.1, -0.05) is 0 Å². The van der Waals surface area contributed by atoms with E-state index in [4.69, 9.17) is 14.2 Å². The van der Waals surface area contributed by atoms with Crippen LogP contribution in [0, 0.1) is 0 Å². The molecule has 5 nitrogen and oxygen atoms in total. The number of hydrogen-bond acceptors (Lipinski definition) is 5. The van der Waals surface area contributed by atoms with Crippen molar-refractivity contribution < 1.29 is 14.2 Å². The Morgan fingerprint density at radius 3 is 2.38 bits per heavy atom. The number of hydrogen-bond donors (Lipinski definition) is 1. The van der Waals surface area contributed by atoms with Crippen LogP contribution in [-0.2, 0) is 14.2 Å². The van der Waals surface area contributed by atoms with E-state index < -0.39 is 0 Å². The number of nitrogens with one attached hydrogen (secondary N) is 1. The van der Waals surface area contributed by atoms with Crippen molar-refractivity contribution in [1.82, 2.24) is 10.2 Å². The molecular weight excluding hydrogens is 268 g/mol. The summed E-state index contributed by atoms with van der Waals surface area (Å²) in [5.41, 5.74) is 0.199. The van der Waals surface area contributed by atoms with Crippen LogP contribution in [0.4, 0.5) is 0 Å². The summed E-state index contributed by atoms with van der Waals surface area (Å²) in [6.45, 7) is 13.4. The zero-order valence-corrected chi connectivity index (χ0v) is 14.3. The van der Waals surface area contributed by atoms with Crippen LogP contribution in [0.1, 0.15) is 33.6 Å². The molecule has 126 valence electrons. The minimum atomic E-state index is 0.199. The van der Waals surface area contributed by atoms with Crippen LogP contribution in [0.5, 0.6) is 0 Å². The van der Waals surface area contributed by atoms with Crippen LogP contribution in [0.15, 0.2) is 0 Å². The van der Waals surface area contributed by atoms with E-state index in [1.807, 2.05) is 0 Å². The van der Waals surface area contributed by atoms with Crippen molar-refractivity contribution in [3.05, 3.63) is 0 Å². The Morgan fingerprint density at radius 1 is 1.05 bits per heavy atom. The molecule has 0 aromatic heterocycles. The fourth-order valence-corrected chi connectivity index (χ4v) is 2.49. The summed E-state index contributed by atoms with van der Waals surface area (Å²) in [7, 11) is 1.68. The molecule has 1 heterocycles. The molecular formula is C16H34N2O3. The van der Waals surface area contributed by atoms with Gasteiger partial charge in [0.25, 0.3) is 0 Å². The van der Waals surface area contributed by atoms with Gasteiger partial charge in [0.15, 0.2) is 0 Å². The van der Waals surface area contributed by atoms with Crippen molar-refractivity contribution in [2.24, 2.45) is 0 Å². The molecule has 1 rings (SSSR count). The van der Waals surface area contributed by atoms with Gasteiger partial charge in [0, 0.05) is 31.8 Å². The zero-order valence-electron chi connectivity index (χ0n) is 14.3. The maximum absolute atomic E-state index is 5.64. The number of likely N-dealkylation sites (tertiary alicyclic amines) is 1. The molecule has 0 aromatic carbocycles. The highest BCUT2D eigenvalue weighted by Gasteiger charge is 2.25. The normalized spacial score (nSPS) is 20.3. The summed E-state index contributed by atoms with van der Waals surface area (Å²) < 4.78 is 15.9. The molecule has 0 radical (unpaired) electrons. The molecule has 0 aliphatic carbocycles. The molecule has 0 bridgehead atoms. The molecule has 0 aromatic rings. The second-order valence-electron chi connectivity index (χ2n) is 6.68. The quantitative estimate of drug-likeness (QED) is 0.586. The maximum atomic E-state index is 5.64. The van der Waals surface area contributed by atoms with E-state index in [-0.39, 0.29) is 5.54 Å². The number of rotatable bonds is 11. The SMILES string of the molecule is COCCOCCOCCN1CCCC1CNC(C)(C)C. The molecule has 1 N–H and O–H groups in total. The number of methoxy groups -OCH3 is 1. The first-order valence-electron chi connectivity index (χ1n) is 8.16. The third-order valence-corrected chi connectivity index (χ3v) is 3.69. The summed E-state index contributed by atoms with van der Waals surface area (Å²) in [4.78, 5) is 2.55. The average Bonchev–Trinajstić information content (AvgIpc) is 2.86. The first-order chi connectivity index (χ1) is 10.0. The second-order valence-corrected chi connectivity index (χ2v) is 6.68. The topological polar surface area (TPSA) is 43.0 Å². The van der Waals surface area contributed by atoms with E-state index in [2.05, 4.69) is 31.0 Å². The minimum Gasteiger partial charge on any atom is -0.382 e. The van der Waals surface area contributed by atoms with Crippen LogP contribution in [0.2, 0.25) is 0 Å². The summed E-state index contributed by atoms with van der Waals surface area (Å²) >= 11 is 0. The summed E-state index contributed by atoms with van der Waals surface area (Å²) in [6.07, 6.45) is 2.60. The average molecular weight is 302 g/mol. The standard InChI is InChI=1S/C16H34N2O3/c1-16(2,3)17-14-15-6-5-7-18(15)8-9-20-12-13-21-11-10-19-4/h15,17H,5-14H2,1-4H3. The number of ether oxygens (including phenoxy) is 3. The highest BCUT2D eigenvalue weighted by molar-refractivity contribution is 4.83. The second kappa shape index (κ2) is 10.5. The van der Waals surface area contributed by atoms with Gasteiger partial charge in [-0.3, -0.25) is 4.90 Å². The molecule has 0 spiro atoms. The lowest BCUT2D eigenvalue weighted by atomic mass is 10.1. The van der Waals surface area contributed by atoms with Gasteiger partial charge in [0.2, 0.25) is 0 Å². The van der Waals surface area contributed by atoms with Crippen LogP contribution in [0.3, 0.4) is 0 Å². The van der Waals surface area contributed by atoms with E-state index in [1.165, 1.54) is 19.4 Å². The van der Waals surface area contributed by atoms with E-state index >= 15 is 0 Å². The molecule has 5 heteroatoms. The first-order valence-corrected chi connectivity index (χ1v) is 8.16. The molecule has 0 saturated carbocycles. The highest BCUT2D eigenvalue weighted by atomic mass is 16.5. The molecule has 1 fully saturated rings. The van der Waals surface area contributed by atoms with Gasteiger partial charge in [0.05, 0.1) is 33.0 Å². The predicted molar refractivity (Wildman–Crippen MR) is 85.9 cm³/mol. The summed E-state index contributed by atoms with van der Waals surface area (Å²) in [5, 5.41) is 3.61. The Kier molecular flexibility index (Phi) is 9.44. The Hall–Kier alpha value is -0.200. The number of nitrogens with zero attached hydrogens (tertiary/aromatic N) is 1. The van der Waals surface area contributed by atoms with Crippen LogP contribution in [0.25, 0.3) is 0 Å². The summed E-state index contributed by atoms with van der Waals surface area (Å²) in [5.74, 6) is 0. The summed E-state index contributed by atoms with van der Waals surface area (Å²) in [6, 6.07) is 0.658. The van der Waals surface area contributed by atoms with E-state index in [0.717, 1.165) is 19.7 Å². The molecule has 21 heavy (non-hydrogen) atoms. The maximum Gasteiger partial charge on any atom is 0.0701 e. The lowest BCUT2D eigenvalue weighted by Gasteiger charge is -2.28. The predicted octanol–water partition coefficient (Wildman–Crippen LogP) is 1.52. The third kappa shape index (κ3) is 9.42. The molecule has 1 atom stereocenters. The Morgan fingerprint density at radius 2 is 1.71 bits per heavy atom. The van der Waals surface area contributed by atoms with Crippen LogP contribution < -0.4 is 5.32 Å². The van der Waals surface area contributed by atoms with Crippen molar-refractivity contribution in [2.75, 3.05) is 59.8 Å². The van der Waals surface area contributed by atoms with Crippen LogP contribution >= 0.6 is 0 Å². The van der Waals surface area contributed by atoms with Gasteiger partial charge in [0.1, 0.15) is 0 Å². The minimum absolute atomic E-state index is 0.199. The van der Waals surface area contributed by atoms with Crippen LogP contribution in [-0.4, -0.2) is 76.3 Å². The van der Waals surface area contributed by atoms with Gasteiger partial charge >= 0.3 is 0 Å². The molecule has 1 aliphatic rings. The molecule has 0 amide bonds. The smallest absolute Gasteiger partial charge is 0.0701 e. The van der Waals surface area contributed by atoms with Crippen molar-refractivity contribution >= 4 is 0 Å². The first kappa shape index (κ1) is 18.8. The van der Waals surface area contributed by atoms with Gasteiger partial charge in [-0.05, 0) is 40.2 Å². The molecule has 1 aliphatic heterocycles. The lowest BCUT2D eigenvalue weighted by Crippen LogP contribution is -2.45. The van der Waals surface area contributed by atoms with Crippen molar-refractivity contribution in [2.45, 2.75) is 45.2 Å². The molecule has 1 unspecified atom stereocenters. The van der Waals surface area contributed by atoms with Gasteiger partial charge < -0.3 is 19.5 Å². The Labute approximate surface area is 130 Å². The fraction of sp³-hybridized carbons (Fsp3) is 1.00. The highest BCUT2D eigenvalue weighted by Crippen LogP contribution is 2.16. The van der Waals surface area contributed by atoms with Crippen molar-refractivity contribution in [3.63, 3.8) is 0 Å². The Bertz CT molecular complexity index is 256. The van der Waals surface area contributed by atoms with Gasteiger partial charge in [-0.25, -0.2) is 0 Å². The zero-order chi connectivity index (χ0) is 15.6. The van der Waals surface area contributed by atoms with Crippen molar-refractivity contribution in [3.8, 4) is 0 Å². The van der Waals surface area contributed by atoms with E-state index in [0.29, 0.717) is 32.5 Å². The van der Waals surface area contributed by atoms with Gasteiger partial charge in [-0.2, -0.15) is 0 Å². The third-order valence-electron chi connectivity index (χ3n) is 3.69. The molecule has 1 saturated heterocycles. The fourth-order valence-electron chi connectivity index (χ4n) is 2.49. The largest absolute Gasteiger partial charge is 0.382 e. The Balaban J connectivity index is 2.02. The van der Waals surface area contributed by atoms with Gasteiger partial charge in [-0.15, -0.1) is 0 Å². The monoisotopic (exact) mass is 302 g/mol.